The molecule has 0 radical (unpaired) electrons. The Bertz CT molecular complexity index is 1210. The number of fused-ring (bicyclic) bond motifs is 2. The summed E-state index contributed by atoms with van der Waals surface area (Å²) in [5.41, 5.74) is 0.292. The number of nitrogens with zero attached hydrogens (tertiary/aromatic N) is 3. The van der Waals surface area contributed by atoms with E-state index in [-0.39, 0.29) is 29.6 Å². The molecule has 1 aromatic carbocycles. The molecule has 10 heteroatoms. The van der Waals surface area contributed by atoms with Crippen molar-refractivity contribution >= 4 is 34.2 Å². The highest BCUT2D eigenvalue weighted by atomic mass is 32.1. The highest BCUT2D eigenvalue weighted by Crippen LogP contribution is 2.33. The van der Waals surface area contributed by atoms with Crippen molar-refractivity contribution in [2.24, 2.45) is 0 Å². The quantitative estimate of drug-likeness (QED) is 0.709. The molecule has 1 amide bonds. The lowest BCUT2D eigenvalue weighted by atomic mass is 10.2. The number of carbonyl (C=O) groups is 1. The lowest BCUT2D eigenvalue weighted by Gasteiger charge is -2.19. The lowest BCUT2D eigenvalue weighted by molar-refractivity contribution is -0.116. The average molecular weight is 400 g/mol. The fourth-order valence-corrected chi connectivity index (χ4v) is 3.95. The van der Waals surface area contributed by atoms with E-state index in [0.29, 0.717) is 35.9 Å². The third-order valence-corrected chi connectivity index (χ3v) is 5.36. The molecule has 1 aliphatic carbocycles. The maximum absolute atomic E-state index is 12.8. The van der Waals surface area contributed by atoms with E-state index in [0.717, 1.165) is 24.4 Å². The molecule has 1 N–H and O–H groups in total. The molecule has 0 spiro atoms. The summed E-state index contributed by atoms with van der Waals surface area (Å²) < 4.78 is 17.6. The molecule has 1 fully saturated rings. The summed E-state index contributed by atoms with van der Waals surface area (Å²) in [7, 11) is 0. The second-order valence-electron chi connectivity index (χ2n) is 6.73. The predicted molar refractivity (Wildman–Crippen MR) is 102 cm³/mol. The third kappa shape index (κ3) is 2.85. The number of carbonyl (C=O) groups excluding carboxylic acids is 1. The average Bonchev–Trinajstić information content (AvgIpc) is 3.39. The molecule has 3 heterocycles. The summed E-state index contributed by atoms with van der Waals surface area (Å²) in [6.07, 6.45) is 1.57. The van der Waals surface area contributed by atoms with E-state index in [1.165, 1.54) is 9.13 Å². The Morgan fingerprint density at radius 1 is 1.21 bits per heavy atom. The van der Waals surface area contributed by atoms with Crippen LogP contribution in [0.3, 0.4) is 0 Å². The van der Waals surface area contributed by atoms with Gasteiger partial charge < -0.3 is 14.8 Å². The van der Waals surface area contributed by atoms with Crippen molar-refractivity contribution in [1.29, 1.82) is 0 Å². The zero-order valence-electron chi connectivity index (χ0n) is 14.7. The van der Waals surface area contributed by atoms with Crippen LogP contribution in [0, 0.1) is 0 Å². The first kappa shape index (κ1) is 17.0. The summed E-state index contributed by atoms with van der Waals surface area (Å²) in [5, 5.41) is 4.38. The number of benzene rings is 1. The Labute approximate surface area is 162 Å². The van der Waals surface area contributed by atoms with Crippen LogP contribution in [-0.2, 0) is 11.3 Å². The number of ether oxygens (including phenoxy) is 2. The molecule has 0 unspecified atom stereocenters. The summed E-state index contributed by atoms with van der Waals surface area (Å²) in [6.45, 7) is 0.726. The van der Waals surface area contributed by atoms with Crippen molar-refractivity contribution in [1.82, 2.24) is 13.5 Å². The Balaban J connectivity index is 1.45. The van der Waals surface area contributed by atoms with Gasteiger partial charge in [-0.25, -0.2) is 4.79 Å². The van der Waals surface area contributed by atoms with E-state index in [1.54, 1.807) is 23.6 Å². The summed E-state index contributed by atoms with van der Waals surface area (Å²) in [4.78, 5) is 38.0. The van der Waals surface area contributed by atoms with Crippen LogP contribution in [0.1, 0.15) is 18.9 Å². The van der Waals surface area contributed by atoms with Crippen molar-refractivity contribution in [3.05, 3.63) is 44.4 Å². The molecule has 3 aromatic rings. The van der Waals surface area contributed by atoms with Gasteiger partial charge in [0.15, 0.2) is 17.0 Å². The van der Waals surface area contributed by atoms with Crippen LogP contribution in [0.4, 0.5) is 5.69 Å². The Morgan fingerprint density at radius 2 is 2.00 bits per heavy atom. The third-order valence-electron chi connectivity index (χ3n) is 4.74. The van der Waals surface area contributed by atoms with Crippen LogP contribution in [0.25, 0.3) is 11.0 Å². The fraction of sp³-hybridized carbons (Fsp3) is 0.333. The Kier molecular flexibility index (Phi) is 3.93. The first-order valence-corrected chi connectivity index (χ1v) is 9.74. The van der Waals surface area contributed by atoms with Gasteiger partial charge in [-0.2, -0.15) is 4.37 Å². The second-order valence-corrected chi connectivity index (χ2v) is 7.36. The van der Waals surface area contributed by atoms with Crippen LogP contribution in [0.2, 0.25) is 0 Å². The summed E-state index contributed by atoms with van der Waals surface area (Å²) in [6, 6.07) is 5.02. The number of hydrogen-bond acceptors (Lipinski definition) is 7. The molecule has 0 atom stereocenters. The number of rotatable bonds is 4. The Hall–Kier alpha value is -3.14. The van der Waals surface area contributed by atoms with Crippen molar-refractivity contribution < 1.29 is 14.3 Å². The van der Waals surface area contributed by atoms with Gasteiger partial charge in [-0.3, -0.25) is 18.7 Å². The zero-order valence-corrected chi connectivity index (χ0v) is 15.5. The van der Waals surface area contributed by atoms with Crippen LogP contribution in [0.5, 0.6) is 11.5 Å². The predicted octanol–water partition coefficient (Wildman–Crippen LogP) is 1.36. The van der Waals surface area contributed by atoms with Gasteiger partial charge in [0.2, 0.25) is 5.91 Å². The van der Waals surface area contributed by atoms with Gasteiger partial charge in [-0.05, 0) is 36.5 Å². The first-order chi connectivity index (χ1) is 13.6. The minimum atomic E-state index is -0.475. The van der Waals surface area contributed by atoms with Crippen molar-refractivity contribution in [3.8, 4) is 11.5 Å². The normalized spacial score (nSPS) is 15.6. The van der Waals surface area contributed by atoms with E-state index < -0.39 is 5.69 Å². The van der Waals surface area contributed by atoms with Gasteiger partial charge in [0, 0.05) is 23.2 Å². The largest absolute Gasteiger partial charge is 0.486 e. The highest BCUT2D eigenvalue weighted by Gasteiger charge is 2.29. The smallest absolute Gasteiger partial charge is 0.332 e. The van der Waals surface area contributed by atoms with Gasteiger partial charge in [0.05, 0.1) is 5.52 Å². The van der Waals surface area contributed by atoms with Gasteiger partial charge in [0.1, 0.15) is 19.8 Å². The van der Waals surface area contributed by atoms with E-state index in [1.807, 2.05) is 0 Å². The Morgan fingerprint density at radius 3 is 2.79 bits per heavy atom. The second kappa shape index (κ2) is 6.48. The molecule has 28 heavy (non-hydrogen) atoms. The van der Waals surface area contributed by atoms with Crippen LogP contribution in [0.15, 0.2) is 33.2 Å². The van der Waals surface area contributed by atoms with Crippen molar-refractivity contribution in [2.75, 3.05) is 18.5 Å². The van der Waals surface area contributed by atoms with Gasteiger partial charge in [0.25, 0.3) is 5.56 Å². The number of aromatic nitrogens is 3. The van der Waals surface area contributed by atoms with Crippen molar-refractivity contribution in [2.45, 2.75) is 25.4 Å². The van der Waals surface area contributed by atoms with E-state index >= 15 is 0 Å². The van der Waals surface area contributed by atoms with Crippen LogP contribution in [-0.4, -0.2) is 32.6 Å². The maximum Gasteiger partial charge on any atom is 0.332 e. The maximum atomic E-state index is 12.8. The number of hydrogen-bond donors (Lipinski definition) is 1. The van der Waals surface area contributed by atoms with Crippen LogP contribution >= 0.6 is 11.5 Å². The summed E-state index contributed by atoms with van der Waals surface area (Å²) in [5.74, 6) is 0.809. The molecule has 1 saturated carbocycles. The van der Waals surface area contributed by atoms with E-state index in [9.17, 15) is 14.4 Å². The standard InChI is InChI=1S/C18H16N4O5S/c23-15(19-10-1-4-13-14(7-10)27-6-5-26-13)8-21-12-9-28-20-16(12)17(24)22(18(21)25)11-2-3-11/h1,4,7,9,11H,2-3,5-6,8H2,(H,19,23). The lowest BCUT2D eigenvalue weighted by Crippen LogP contribution is -2.41. The molecule has 144 valence electrons. The number of anilines is 1. The van der Waals surface area contributed by atoms with Gasteiger partial charge >= 0.3 is 5.69 Å². The molecular formula is C18H16N4O5S. The van der Waals surface area contributed by atoms with Crippen molar-refractivity contribution in [3.63, 3.8) is 0 Å². The van der Waals surface area contributed by atoms with Gasteiger partial charge in [-0.1, -0.05) is 0 Å². The molecular weight excluding hydrogens is 384 g/mol. The topological polar surface area (TPSA) is 104 Å². The molecule has 0 bridgehead atoms. The minimum absolute atomic E-state index is 0.0989. The molecule has 0 saturated heterocycles. The zero-order chi connectivity index (χ0) is 19.3. The SMILES string of the molecule is O=C(Cn1c(=O)n(C2CC2)c(=O)c2nscc21)Nc1ccc2c(c1)OCCO2. The number of amides is 1. The number of nitrogens with one attached hydrogen (secondary N) is 1. The molecule has 1 aliphatic heterocycles. The van der Waals surface area contributed by atoms with Crippen LogP contribution < -0.4 is 26.0 Å². The fourth-order valence-electron chi connectivity index (χ4n) is 3.28. The molecule has 5 rings (SSSR count). The first-order valence-electron chi connectivity index (χ1n) is 8.91. The minimum Gasteiger partial charge on any atom is -0.486 e. The summed E-state index contributed by atoms with van der Waals surface area (Å²) >= 11 is 1.09. The van der Waals surface area contributed by atoms with E-state index in [2.05, 4.69) is 9.69 Å². The molecule has 9 nitrogen and oxygen atoms in total. The van der Waals surface area contributed by atoms with Gasteiger partial charge in [-0.15, -0.1) is 0 Å². The monoisotopic (exact) mass is 400 g/mol. The molecule has 2 aliphatic rings. The molecule has 2 aromatic heterocycles. The highest BCUT2D eigenvalue weighted by molar-refractivity contribution is 7.04. The van der Waals surface area contributed by atoms with E-state index in [4.69, 9.17) is 9.47 Å².